The number of carbonyl (C=O) groups is 2. The number of piperazine rings is 1. The van der Waals surface area contributed by atoms with Gasteiger partial charge in [-0.3, -0.25) is 14.7 Å². The van der Waals surface area contributed by atoms with Crippen molar-refractivity contribution in [2.24, 2.45) is 0 Å². The summed E-state index contributed by atoms with van der Waals surface area (Å²) in [6.45, 7) is 6.38. The van der Waals surface area contributed by atoms with Gasteiger partial charge in [-0.1, -0.05) is 29.5 Å². The SMILES string of the molecule is Cc1ccc(N2C[C@@H](C)N(C(=O)CSc3n[nH]c(C)n3)CC2=O)cc1. The highest BCUT2D eigenvalue weighted by Crippen LogP contribution is 2.22. The smallest absolute Gasteiger partial charge is 0.246 e. The maximum atomic E-state index is 12.5. The van der Waals surface area contributed by atoms with Crippen molar-refractivity contribution in [3.8, 4) is 0 Å². The zero-order chi connectivity index (χ0) is 18.0. The van der Waals surface area contributed by atoms with Crippen molar-refractivity contribution in [1.29, 1.82) is 0 Å². The number of rotatable bonds is 4. The molecule has 8 heteroatoms. The molecule has 1 fully saturated rings. The Balaban J connectivity index is 1.62. The molecule has 0 unspecified atom stereocenters. The second-order valence-electron chi connectivity index (χ2n) is 6.20. The molecule has 3 rings (SSSR count). The minimum Gasteiger partial charge on any atom is -0.328 e. The van der Waals surface area contributed by atoms with Gasteiger partial charge in [0.2, 0.25) is 17.0 Å². The Morgan fingerprint density at radius 1 is 1.32 bits per heavy atom. The zero-order valence-electron chi connectivity index (χ0n) is 14.5. The number of H-pyrrole nitrogens is 1. The fraction of sp³-hybridized carbons (Fsp3) is 0.412. The molecule has 7 nitrogen and oxygen atoms in total. The predicted octanol–water partition coefficient (Wildman–Crippen LogP) is 1.78. The normalized spacial score (nSPS) is 17.9. The summed E-state index contributed by atoms with van der Waals surface area (Å²) in [6.07, 6.45) is 0. The van der Waals surface area contributed by atoms with Gasteiger partial charge in [-0.25, -0.2) is 4.98 Å². The highest BCUT2D eigenvalue weighted by Gasteiger charge is 2.33. The third-order valence-electron chi connectivity index (χ3n) is 4.15. The quantitative estimate of drug-likeness (QED) is 0.842. The topological polar surface area (TPSA) is 82.2 Å². The number of amides is 2. The molecule has 0 bridgehead atoms. The molecule has 1 saturated heterocycles. The van der Waals surface area contributed by atoms with Crippen molar-refractivity contribution < 1.29 is 9.59 Å². The van der Waals surface area contributed by atoms with Gasteiger partial charge in [-0.2, -0.15) is 0 Å². The van der Waals surface area contributed by atoms with E-state index >= 15 is 0 Å². The van der Waals surface area contributed by atoms with E-state index in [1.165, 1.54) is 11.8 Å². The fourth-order valence-corrected chi connectivity index (χ4v) is 3.49. The van der Waals surface area contributed by atoms with Crippen LogP contribution in [0.15, 0.2) is 29.4 Å². The molecule has 132 valence electrons. The van der Waals surface area contributed by atoms with Crippen LogP contribution in [0.1, 0.15) is 18.3 Å². The molecular weight excluding hydrogens is 338 g/mol. The summed E-state index contributed by atoms with van der Waals surface area (Å²) >= 11 is 1.28. The molecule has 0 saturated carbocycles. The monoisotopic (exact) mass is 359 g/mol. The minimum atomic E-state index is -0.0724. The summed E-state index contributed by atoms with van der Waals surface area (Å²) in [5, 5.41) is 7.30. The zero-order valence-corrected chi connectivity index (χ0v) is 15.3. The number of nitrogens with one attached hydrogen (secondary N) is 1. The largest absolute Gasteiger partial charge is 0.328 e. The van der Waals surface area contributed by atoms with Crippen LogP contribution in [0, 0.1) is 13.8 Å². The molecule has 1 atom stereocenters. The molecule has 0 aliphatic carbocycles. The highest BCUT2D eigenvalue weighted by molar-refractivity contribution is 7.99. The van der Waals surface area contributed by atoms with Gasteiger partial charge in [-0.15, -0.1) is 5.10 Å². The lowest BCUT2D eigenvalue weighted by Crippen LogP contribution is -2.57. The molecule has 1 aliphatic heterocycles. The first-order chi connectivity index (χ1) is 11.9. The van der Waals surface area contributed by atoms with Crippen LogP contribution in [0.4, 0.5) is 5.69 Å². The second-order valence-corrected chi connectivity index (χ2v) is 7.15. The first-order valence-electron chi connectivity index (χ1n) is 8.12. The van der Waals surface area contributed by atoms with Gasteiger partial charge in [0.25, 0.3) is 0 Å². The van der Waals surface area contributed by atoms with Crippen LogP contribution in [0.5, 0.6) is 0 Å². The Bertz CT molecular complexity index is 774. The van der Waals surface area contributed by atoms with Gasteiger partial charge in [0.15, 0.2) is 0 Å². The summed E-state index contributed by atoms with van der Waals surface area (Å²) in [5.74, 6) is 0.801. The Labute approximate surface area is 150 Å². The number of thioether (sulfide) groups is 1. The lowest BCUT2D eigenvalue weighted by Gasteiger charge is -2.39. The van der Waals surface area contributed by atoms with Crippen molar-refractivity contribution in [2.45, 2.75) is 32.0 Å². The van der Waals surface area contributed by atoms with Crippen molar-refractivity contribution in [3.63, 3.8) is 0 Å². The van der Waals surface area contributed by atoms with Crippen molar-refractivity contribution in [3.05, 3.63) is 35.7 Å². The van der Waals surface area contributed by atoms with E-state index in [2.05, 4.69) is 15.2 Å². The van der Waals surface area contributed by atoms with Gasteiger partial charge in [-0.05, 0) is 32.9 Å². The minimum absolute atomic E-state index is 0.0408. The van der Waals surface area contributed by atoms with Crippen molar-refractivity contribution >= 4 is 29.3 Å². The van der Waals surface area contributed by atoms with Crippen LogP contribution in [0.3, 0.4) is 0 Å². The third kappa shape index (κ3) is 4.01. The molecule has 2 amide bonds. The number of aromatic amines is 1. The van der Waals surface area contributed by atoms with Crippen molar-refractivity contribution in [2.75, 3.05) is 23.7 Å². The summed E-state index contributed by atoms with van der Waals surface area (Å²) in [4.78, 5) is 32.6. The van der Waals surface area contributed by atoms with Gasteiger partial charge in [0.05, 0.1) is 5.75 Å². The second kappa shape index (κ2) is 7.26. The van der Waals surface area contributed by atoms with E-state index in [1.54, 1.807) is 9.80 Å². The number of aromatic nitrogens is 3. The third-order valence-corrected chi connectivity index (χ3v) is 4.99. The number of benzene rings is 1. The number of aryl methyl sites for hydroxylation is 2. The Kier molecular flexibility index (Phi) is 5.08. The standard InChI is InChI=1S/C17H21N5O2S/c1-11-4-6-14(7-5-11)22-8-12(2)21(9-15(22)23)16(24)10-25-17-18-13(3)19-20-17/h4-7,12H,8-10H2,1-3H3,(H,18,19,20)/t12-/m1/s1. The Morgan fingerprint density at radius 3 is 2.68 bits per heavy atom. The van der Waals surface area contributed by atoms with Crippen LogP contribution in [-0.4, -0.2) is 56.8 Å². The molecule has 0 radical (unpaired) electrons. The van der Waals surface area contributed by atoms with Crippen LogP contribution in [-0.2, 0) is 9.59 Å². The molecule has 2 aromatic rings. The number of hydrogen-bond acceptors (Lipinski definition) is 5. The predicted molar refractivity (Wildman–Crippen MR) is 96.6 cm³/mol. The van der Waals surface area contributed by atoms with E-state index in [0.29, 0.717) is 17.5 Å². The average molecular weight is 359 g/mol. The van der Waals surface area contributed by atoms with Crippen LogP contribution < -0.4 is 4.90 Å². The van der Waals surface area contributed by atoms with Crippen LogP contribution >= 0.6 is 11.8 Å². The Morgan fingerprint density at radius 2 is 2.04 bits per heavy atom. The molecule has 2 heterocycles. The van der Waals surface area contributed by atoms with E-state index in [4.69, 9.17) is 0 Å². The average Bonchev–Trinajstić information content (AvgIpc) is 3.01. The number of carbonyl (C=O) groups excluding carboxylic acids is 2. The molecule has 0 spiro atoms. The molecular formula is C17H21N5O2S. The first-order valence-corrected chi connectivity index (χ1v) is 9.11. The number of hydrogen-bond donors (Lipinski definition) is 1. The van der Waals surface area contributed by atoms with E-state index in [0.717, 1.165) is 11.3 Å². The molecule has 1 aliphatic rings. The van der Waals surface area contributed by atoms with Gasteiger partial charge < -0.3 is 9.80 Å². The molecule has 1 aromatic heterocycles. The summed E-state index contributed by atoms with van der Waals surface area (Å²) < 4.78 is 0. The van der Waals surface area contributed by atoms with Gasteiger partial charge in [0.1, 0.15) is 12.4 Å². The first kappa shape index (κ1) is 17.5. The lowest BCUT2D eigenvalue weighted by molar-refractivity contribution is -0.137. The van der Waals surface area contributed by atoms with Crippen LogP contribution in [0.25, 0.3) is 0 Å². The highest BCUT2D eigenvalue weighted by atomic mass is 32.2. The Hall–Kier alpha value is -2.35. The summed E-state index contributed by atoms with van der Waals surface area (Å²) in [7, 11) is 0. The maximum Gasteiger partial charge on any atom is 0.246 e. The number of anilines is 1. The van der Waals surface area contributed by atoms with E-state index in [-0.39, 0.29) is 30.2 Å². The fourth-order valence-electron chi connectivity index (χ4n) is 2.76. The maximum absolute atomic E-state index is 12.5. The lowest BCUT2D eigenvalue weighted by atomic mass is 10.1. The summed E-state index contributed by atoms with van der Waals surface area (Å²) in [5.41, 5.74) is 2.03. The van der Waals surface area contributed by atoms with Gasteiger partial charge >= 0.3 is 0 Å². The molecule has 1 aromatic carbocycles. The van der Waals surface area contributed by atoms with Crippen LogP contribution in [0.2, 0.25) is 0 Å². The van der Waals surface area contributed by atoms with Gasteiger partial charge in [0, 0.05) is 18.3 Å². The number of nitrogens with zero attached hydrogens (tertiary/aromatic N) is 4. The van der Waals surface area contributed by atoms with E-state index in [9.17, 15) is 9.59 Å². The molecule has 1 N–H and O–H groups in total. The van der Waals surface area contributed by atoms with Crippen molar-refractivity contribution in [1.82, 2.24) is 20.1 Å². The van der Waals surface area contributed by atoms with E-state index < -0.39 is 0 Å². The molecule has 25 heavy (non-hydrogen) atoms. The van der Waals surface area contributed by atoms with E-state index in [1.807, 2.05) is 45.0 Å². The summed E-state index contributed by atoms with van der Waals surface area (Å²) in [6, 6.07) is 7.82.